The van der Waals surface area contributed by atoms with Gasteiger partial charge in [-0.25, -0.2) is 4.79 Å². The molecule has 28 heavy (non-hydrogen) atoms. The lowest BCUT2D eigenvalue weighted by atomic mass is 10.2. The molecule has 0 atom stereocenters. The third-order valence-electron chi connectivity index (χ3n) is 4.79. The maximum Gasteiger partial charge on any atom is 0.322 e. The smallest absolute Gasteiger partial charge is 0.322 e. The summed E-state index contributed by atoms with van der Waals surface area (Å²) in [6.45, 7) is 5.64. The van der Waals surface area contributed by atoms with E-state index in [2.05, 4.69) is 12.2 Å². The van der Waals surface area contributed by atoms with Crippen molar-refractivity contribution in [2.75, 3.05) is 25.0 Å². The lowest BCUT2D eigenvalue weighted by Crippen LogP contribution is -2.57. The SMILES string of the molecule is CCCCOc1ccc(NC(=O)N2CC(Oc3cc(C)n(C)c(=O)c3)C2)cc1. The third kappa shape index (κ3) is 4.85. The molecule has 1 aromatic heterocycles. The number of ether oxygens (including phenoxy) is 2. The number of pyridine rings is 1. The van der Waals surface area contributed by atoms with Crippen LogP contribution in [0.25, 0.3) is 0 Å². The minimum absolute atomic E-state index is 0.105. The number of nitrogens with zero attached hydrogens (tertiary/aromatic N) is 2. The second-order valence-electron chi connectivity index (χ2n) is 7.03. The van der Waals surface area contributed by atoms with Gasteiger partial charge >= 0.3 is 6.03 Å². The average Bonchev–Trinajstić information content (AvgIpc) is 2.63. The minimum atomic E-state index is -0.167. The third-order valence-corrected chi connectivity index (χ3v) is 4.79. The summed E-state index contributed by atoms with van der Waals surface area (Å²) in [5.74, 6) is 1.34. The first kappa shape index (κ1) is 19.8. The lowest BCUT2D eigenvalue weighted by molar-refractivity contribution is 0.0490. The number of urea groups is 1. The summed E-state index contributed by atoms with van der Waals surface area (Å²) in [5, 5.41) is 2.87. The number of benzene rings is 1. The summed E-state index contributed by atoms with van der Waals surface area (Å²) in [6.07, 6.45) is 2.01. The molecule has 1 aromatic carbocycles. The zero-order valence-electron chi connectivity index (χ0n) is 16.6. The van der Waals surface area contributed by atoms with Crippen LogP contribution in [0.4, 0.5) is 10.5 Å². The fraction of sp³-hybridized carbons (Fsp3) is 0.429. The normalized spacial score (nSPS) is 13.8. The second kappa shape index (κ2) is 8.82. The highest BCUT2D eigenvalue weighted by atomic mass is 16.5. The number of carbonyl (C=O) groups excluding carboxylic acids is 1. The van der Waals surface area contributed by atoms with E-state index in [4.69, 9.17) is 9.47 Å². The highest BCUT2D eigenvalue weighted by Crippen LogP contribution is 2.20. The van der Waals surface area contributed by atoms with Crippen LogP contribution in [0.3, 0.4) is 0 Å². The Balaban J connectivity index is 1.45. The monoisotopic (exact) mass is 385 g/mol. The Morgan fingerprint density at radius 3 is 2.54 bits per heavy atom. The average molecular weight is 385 g/mol. The maximum atomic E-state index is 12.3. The highest BCUT2D eigenvalue weighted by molar-refractivity contribution is 5.90. The Kier molecular flexibility index (Phi) is 6.23. The summed E-state index contributed by atoms with van der Waals surface area (Å²) in [4.78, 5) is 25.8. The molecular weight excluding hydrogens is 358 g/mol. The van der Waals surface area contributed by atoms with Crippen LogP contribution < -0.4 is 20.3 Å². The number of hydrogen-bond acceptors (Lipinski definition) is 4. The molecule has 150 valence electrons. The number of likely N-dealkylation sites (tertiary alicyclic amines) is 1. The molecule has 2 heterocycles. The summed E-state index contributed by atoms with van der Waals surface area (Å²) < 4.78 is 13.0. The molecule has 0 radical (unpaired) electrons. The van der Waals surface area contributed by atoms with Crippen LogP contribution in [0.1, 0.15) is 25.5 Å². The molecule has 0 bridgehead atoms. The van der Waals surface area contributed by atoms with Gasteiger partial charge < -0.3 is 24.3 Å². The molecule has 0 spiro atoms. The van der Waals surface area contributed by atoms with Crippen molar-refractivity contribution in [1.82, 2.24) is 9.47 Å². The van der Waals surface area contributed by atoms with Gasteiger partial charge in [-0.3, -0.25) is 4.79 Å². The Hall–Kier alpha value is -2.96. The predicted molar refractivity (Wildman–Crippen MR) is 108 cm³/mol. The summed E-state index contributed by atoms with van der Waals surface area (Å²) in [7, 11) is 1.72. The number of unbranched alkanes of at least 4 members (excludes halogenated alkanes) is 1. The Bertz CT molecular complexity index is 870. The van der Waals surface area contributed by atoms with Gasteiger partial charge in [-0.1, -0.05) is 13.3 Å². The number of rotatable bonds is 7. The molecule has 2 aromatic rings. The van der Waals surface area contributed by atoms with Crippen LogP contribution in [0, 0.1) is 6.92 Å². The van der Waals surface area contributed by atoms with E-state index in [1.165, 1.54) is 6.07 Å². The van der Waals surface area contributed by atoms with Gasteiger partial charge in [0.15, 0.2) is 0 Å². The Morgan fingerprint density at radius 2 is 1.89 bits per heavy atom. The van der Waals surface area contributed by atoms with E-state index in [-0.39, 0.29) is 17.7 Å². The molecular formula is C21H27N3O4. The molecule has 7 nitrogen and oxygen atoms in total. The fourth-order valence-electron chi connectivity index (χ4n) is 2.85. The summed E-state index contributed by atoms with van der Waals surface area (Å²) in [6, 6.07) is 10.5. The molecule has 1 saturated heterocycles. The number of hydrogen-bond donors (Lipinski definition) is 1. The van der Waals surface area contributed by atoms with Crippen molar-refractivity contribution in [3.63, 3.8) is 0 Å². The quantitative estimate of drug-likeness (QED) is 0.743. The molecule has 2 amide bonds. The Labute approximate surface area is 164 Å². The first-order valence-electron chi connectivity index (χ1n) is 9.59. The van der Waals surface area contributed by atoms with Crippen molar-refractivity contribution in [3.05, 3.63) is 52.4 Å². The standard InChI is InChI=1S/C21H27N3O4/c1-4-5-10-27-17-8-6-16(7-9-17)22-21(26)24-13-19(14-24)28-18-11-15(2)23(3)20(25)12-18/h6-9,11-12,19H,4-5,10,13-14H2,1-3H3,(H,22,26). The van der Waals surface area contributed by atoms with Gasteiger partial charge in [-0.2, -0.15) is 0 Å². The van der Waals surface area contributed by atoms with Gasteiger partial charge in [-0.05, 0) is 43.7 Å². The number of carbonyl (C=O) groups is 1. The second-order valence-corrected chi connectivity index (χ2v) is 7.03. The van der Waals surface area contributed by atoms with Crippen LogP contribution in [0.15, 0.2) is 41.2 Å². The van der Waals surface area contributed by atoms with Crippen molar-refractivity contribution < 1.29 is 14.3 Å². The molecule has 1 aliphatic rings. The number of aryl methyl sites for hydroxylation is 1. The fourth-order valence-corrected chi connectivity index (χ4v) is 2.85. The molecule has 0 unspecified atom stereocenters. The molecule has 0 saturated carbocycles. The minimum Gasteiger partial charge on any atom is -0.494 e. The maximum absolute atomic E-state index is 12.3. The van der Waals surface area contributed by atoms with Gasteiger partial charge in [0.2, 0.25) is 0 Å². The van der Waals surface area contributed by atoms with Crippen LogP contribution in [-0.2, 0) is 7.05 Å². The zero-order chi connectivity index (χ0) is 20.1. The van der Waals surface area contributed by atoms with Gasteiger partial charge in [0, 0.05) is 24.5 Å². The van der Waals surface area contributed by atoms with Crippen molar-refractivity contribution in [1.29, 1.82) is 0 Å². The van der Waals surface area contributed by atoms with E-state index in [1.807, 2.05) is 37.3 Å². The number of anilines is 1. The van der Waals surface area contributed by atoms with E-state index in [0.717, 1.165) is 30.0 Å². The summed E-state index contributed by atoms with van der Waals surface area (Å²) >= 11 is 0. The van der Waals surface area contributed by atoms with Gasteiger partial charge in [-0.15, -0.1) is 0 Å². The van der Waals surface area contributed by atoms with Crippen molar-refractivity contribution in [2.24, 2.45) is 7.05 Å². The van der Waals surface area contributed by atoms with Crippen LogP contribution in [0.5, 0.6) is 11.5 Å². The topological polar surface area (TPSA) is 72.8 Å². The lowest BCUT2D eigenvalue weighted by Gasteiger charge is -2.38. The largest absolute Gasteiger partial charge is 0.494 e. The molecule has 0 aliphatic carbocycles. The van der Waals surface area contributed by atoms with Gasteiger partial charge in [0.05, 0.1) is 19.7 Å². The first-order valence-corrected chi connectivity index (χ1v) is 9.59. The molecule has 1 N–H and O–H groups in total. The van der Waals surface area contributed by atoms with E-state index in [9.17, 15) is 9.59 Å². The first-order chi connectivity index (χ1) is 13.5. The van der Waals surface area contributed by atoms with E-state index < -0.39 is 0 Å². The summed E-state index contributed by atoms with van der Waals surface area (Å²) in [5.41, 5.74) is 1.45. The van der Waals surface area contributed by atoms with Crippen LogP contribution >= 0.6 is 0 Å². The highest BCUT2D eigenvalue weighted by Gasteiger charge is 2.32. The van der Waals surface area contributed by atoms with Crippen molar-refractivity contribution in [2.45, 2.75) is 32.8 Å². The number of amides is 2. The van der Waals surface area contributed by atoms with Gasteiger partial charge in [0.1, 0.15) is 17.6 Å². The molecule has 7 heteroatoms. The zero-order valence-corrected chi connectivity index (χ0v) is 16.6. The molecule has 1 fully saturated rings. The Morgan fingerprint density at radius 1 is 1.18 bits per heavy atom. The molecule has 1 aliphatic heterocycles. The van der Waals surface area contributed by atoms with E-state index in [1.54, 1.807) is 16.5 Å². The number of nitrogens with one attached hydrogen (secondary N) is 1. The van der Waals surface area contributed by atoms with Crippen molar-refractivity contribution >= 4 is 11.7 Å². The number of aromatic nitrogens is 1. The molecule has 3 rings (SSSR count). The van der Waals surface area contributed by atoms with Crippen LogP contribution in [-0.4, -0.2) is 41.3 Å². The van der Waals surface area contributed by atoms with Crippen molar-refractivity contribution in [3.8, 4) is 11.5 Å². The van der Waals surface area contributed by atoms with Crippen LogP contribution in [0.2, 0.25) is 0 Å². The van der Waals surface area contributed by atoms with E-state index >= 15 is 0 Å². The predicted octanol–water partition coefficient (Wildman–Crippen LogP) is 3.17. The van der Waals surface area contributed by atoms with Gasteiger partial charge in [0.25, 0.3) is 5.56 Å². The van der Waals surface area contributed by atoms with E-state index in [0.29, 0.717) is 25.4 Å².